The molecule has 132 valence electrons. The number of rotatable bonds is 11. The third kappa shape index (κ3) is 13.7. The number of hydrogen-bond acceptors (Lipinski definition) is 6. The lowest BCUT2D eigenvalue weighted by atomic mass is 10.1. The number of esters is 1. The lowest BCUT2D eigenvalue weighted by Crippen LogP contribution is -2.16. The largest absolute Gasteiger partial charge is 0.478 e. The van der Waals surface area contributed by atoms with Crippen LogP contribution in [0, 0.1) is 0 Å². The molecule has 7 nitrogen and oxygen atoms in total. The smallest absolute Gasteiger partial charge is 0.330 e. The number of carboxylic acid groups (broad SMARTS) is 1. The van der Waals surface area contributed by atoms with E-state index in [2.05, 4.69) is 0 Å². The van der Waals surface area contributed by atoms with E-state index in [1.165, 1.54) is 6.08 Å². The fraction of sp³-hybridized carbons (Fsp3) is 0.625. The molecule has 0 amide bonds. The maximum absolute atomic E-state index is 11.5. The van der Waals surface area contributed by atoms with Gasteiger partial charge in [0.1, 0.15) is 0 Å². The van der Waals surface area contributed by atoms with Crippen molar-refractivity contribution in [3.63, 3.8) is 0 Å². The molecule has 0 aliphatic rings. The van der Waals surface area contributed by atoms with Gasteiger partial charge in [-0.05, 0) is 51.7 Å². The van der Waals surface area contributed by atoms with Crippen LogP contribution in [0.25, 0.3) is 0 Å². The first-order chi connectivity index (χ1) is 10.7. The normalized spacial score (nSPS) is 17.1. The van der Waals surface area contributed by atoms with Gasteiger partial charge in [-0.15, -0.1) is 0 Å². The quantitative estimate of drug-likeness (QED) is 0.326. The Morgan fingerprint density at radius 2 is 1.43 bits per heavy atom. The Hall–Kier alpha value is -1.70. The lowest BCUT2D eigenvalue weighted by molar-refractivity contribution is -0.142. The molecule has 7 heteroatoms. The summed E-state index contributed by atoms with van der Waals surface area (Å²) in [5.74, 6) is -1.74. The minimum absolute atomic E-state index is 0.263. The first-order valence-corrected chi connectivity index (χ1v) is 7.54. The maximum atomic E-state index is 11.5. The van der Waals surface area contributed by atoms with Crippen molar-refractivity contribution in [2.75, 3.05) is 0 Å². The third-order valence-corrected chi connectivity index (χ3v) is 2.98. The SMILES string of the molecule is CC(O)CCC(O)C=CC(=O)OC(C)CCC(O)C=CC(=O)O. The van der Waals surface area contributed by atoms with Crippen LogP contribution < -0.4 is 0 Å². The summed E-state index contributed by atoms with van der Waals surface area (Å²) in [6.45, 7) is 3.27. The fourth-order valence-electron chi connectivity index (χ4n) is 1.69. The minimum atomic E-state index is -1.14. The molecule has 4 unspecified atom stereocenters. The number of ether oxygens (including phenoxy) is 1. The van der Waals surface area contributed by atoms with Crippen molar-refractivity contribution in [2.45, 2.75) is 63.9 Å². The van der Waals surface area contributed by atoms with Crippen LogP contribution in [0.2, 0.25) is 0 Å². The van der Waals surface area contributed by atoms with Gasteiger partial charge in [0.2, 0.25) is 0 Å². The molecular weight excluding hydrogens is 304 g/mol. The van der Waals surface area contributed by atoms with E-state index in [4.69, 9.17) is 14.9 Å². The van der Waals surface area contributed by atoms with Crippen LogP contribution in [0.5, 0.6) is 0 Å². The summed E-state index contributed by atoms with van der Waals surface area (Å²) in [5, 5.41) is 36.6. The summed E-state index contributed by atoms with van der Waals surface area (Å²) < 4.78 is 5.06. The molecular formula is C16H26O7. The van der Waals surface area contributed by atoms with Gasteiger partial charge < -0.3 is 25.2 Å². The molecule has 0 saturated carbocycles. The van der Waals surface area contributed by atoms with Gasteiger partial charge in [0.15, 0.2) is 0 Å². The summed E-state index contributed by atoms with van der Waals surface area (Å²) in [7, 11) is 0. The van der Waals surface area contributed by atoms with Crippen LogP contribution in [-0.2, 0) is 14.3 Å². The topological polar surface area (TPSA) is 124 Å². The van der Waals surface area contributed by atoms with Crippen molar-refractivity contribution < 1.29 is 34.8 Å². The number of carbonyl (C=O) groups is 2. The molecule has 0 aliphatic carbocycles. The number of carbonyl (C=O) groups excluding carboxylic acids is 1. The number of aliphatic hydroxyl groups excluding tert-OH is 3. The van der Waals surface area contributed by atoms with E-state index in [1.54, 1.807) is 13.8 Å². The summed E-state index contributed by atoms with van der Waals surface area (Å²) in [6.07, 6.45) is 3.17. The van der Waals surface area contributed by atoms with Crippen LogP contribution in [-0.4, -0.2) is 56.8 Å². The molecule has 0 bridgehead atoms. The number of carboxylic acids is 1. The van der Waals surface area contributed by atoms with Crippen molar-refractivity contribution in [1.82, 2.24) is 0 Å². The van der Waals surface area contributed by atoms with Crippen molar-refractivity contribution in [2.24, 2.45) is 0 Å². The van der Waals surface area contributed by atoms with Crippen molar-refractivity contribution >= 4 is 11.9 Å². The van der Waals surface area contributed by atoms with Gasteiger partial charge in [0.25, 0.3) is 0 Å². The first-order valence-electron chi connectivity index (χ1n) is 7.54. The molecule has 0 aliphatic heterocycles. The van der Waals surface area contributed by atoms with Gasteiger partial charge in [0, 0.05) is 12.2 Å². The highest BCUT2D eigenvalue weighted by molar-refractivity contribution is 5.82. The zero-order chi connectivity index (χ0) is 17.8. The van der Waals surface area contributed by atoms with E-state index in [0.29, 0.717) is 19.3 Å². The predicted molar refractivity (Wildman–Crippen MR) is 83.6 cm³/mol. The van der Waals surface area contributed by atoms with Gasteiger partial charge in [0.05, 0.1) is 24.4 Å². The van der Waals surface area contributed by atoms with E-state index in [0.717, 1.165) is 18.2 Å². The molecule has 23 heavy (non-hydrogen) atoms. The van der Waals surface area contributed by atoms with Gasteiger partial charge in [-0.2, -0.15) is 0 Å². The molecule has 0 rings (SSSR count). The van der Waals surface area contributed by atoms with Gasteiger partial charge in [-0.3, -0.25) is 0 Å². The lowest BCUT2D eigenvalue weighted by Gasteiger charge is -2.13. The highest BCUT2D eigenvalue weighted by atomic mass is 16.5. The van der Waals surface area contributed by atoms with E-state index in [-0.39, 0.29) is 6.42 Å². The van der Waals surface area contributed by atoms with Crippen LogP contribution in [0.15, 0.2) is 24.3 Å². The molecule has 0 heterocycles. The zero-order valence-electron chi connectivity index (χ0n) is 13.5. The van der Waals surface area contributed by atoms with Gasteiger partial charge >= 0.3 is 11.9 Å². The first kappa shape index (κ1) is 21.3. The Morgan fingerprint density at radius 3 is 1.96 bits per heavy atom. The van der Waals surface area contributed by atoms with Crippen LogP contribution in [0.3, 0.4) is 0 Å². The van der Waals surface area contributed by atoms with Crippen LogP contribution in [0.1, 0.15) is 39.5 Å². The van der Waals surface area contributed by atoms with E-state index in [9.17, 15) is 19.8 Å². The third-order valence-electron chi connectivity index (χ3n) is 2.98. The Bertz CT molecular complexity index is 415. The van der Waals surface area contributed by atoms with Gasteiger partial charge in [-0.25, -0.2) is 9.59 Å². The average molecular weight is 330 g/mol. The summed E-state index contributed by atoms with van der Waals surface area (Å²) in [5.41, 5.74) is 0. The molecule has 4 N–H and O–H groups in total. The van der Waals surface area contributed by atoms with Crippen LogP contribution >= 0.6 is 0 Å². The molecule has 0 spiro atoms. The molecule has 0 radical (unpaired) electrons. The van der Waals surface area contributed by atoms with E-state index in [1.807, 2.05) is 0 Å². The molecule has 0 aromatic heterocycles. The second-order valence-electron chi connectivity index (χ2n) is 5.44. The van der Waals surface area contributed by atoms with Crippen molar-refractivity contribution in [3.8, 4) is 0 Å². The van der Waals surface area contributed by atoms with E-state index < -0.39 is 36.4 Å². The standard InChI is InChI=1S/C16H26O7/c1-11(17)3-5-13(18)8-10-16(22)23-12(2)4-6-14(19)7-9-15(20)21/h7-14,17-19H,3-6H2,1-2H3,(H,20,21). The summed E-state index contributed by atoms with van der Waals surface area (Å²) in [6, 6.07) is 0. The van der Waals surface area contributed by atoms with Crippen molar-refractivity contribution in [3.05, 3.63) is 24.3 Å². The zero-order valence-corrected chi connectivity index (χ0v) is 13.5. The molecule has 0 aromatic carbocycles. The Balaban J connectivity index is 4.03. The minimum Gasteiger partial charge on any atom is -0.478 e. The monoisotopic (exact) mass is 330 g/mol. The number of aliphatic carboxylic acids is 1. The average Bonchev–Trinajstić information content (AvgIpc) is 2.46. The van der Waals surface area contributed by atoms with Crippen LogP contribution in [0.4, 0.5) is 0 Å². The van der Waals surface area contributed by atoms with Gasteiger partial charge in [-0.1, -0.05) is 0 Å². The fourth-order valence-corrected chi connectivity index (χ4v) is 1.69. The summed E-state index contributed by atoms with van der Waals surface area (Å²) >= 11 is 0. The highest BCUT2D eigenvalue weighted by Crippen LogP contribution is 2.07. The maximum Gasteiger partial charge on any atom is 0.330 e. The molecule has 0 saturated heterocycles. The second-order valence-corrected chi connectivity index (χ2v) is 5.44. The Labute approximate surface area is 135 Å². The number of hydrogen-bond donors (Lipinski definition) is 4. The van der Waals surface area contributed by atoms with Crippen molar-refractivity contribution in [1.29, 1.82) is 0 Å². The highest BCUT2D eigenvalue weighted by Gasteiger charge is 2.10. The molecule has 0 fully saturated rings. The molecule has 4 atom stereocenters. The number of aliphatic hydroxyl groups is 3. The molecule has 0 aromatic rings. The second kappa shape index (κ2) is 11.8. The van der Waals surface area contributed by atoms with E-state index >= 15 is 0 Å². The Morgan fingerprint density at radius 1 is 0.913 bits per heavy atom. The summed E-state index contributed by atoms with van der Waals surface area (Å²) in [4.78, 5) is 21.8. The predicted octanol–water partition coefficient (Wildman–Crippen LogP) is 0.778. The Kier molecular flexibility index (Phi) is 10.9.